The number of halogens is 2. The number of para-hydroxylation sites is 1. The van der Waals surface area contributed by atoms with Crippen LogP contribution in [0.25, 0.3) is 0 Å². The monoisotopic (exact) mass is 620 g/mol. The molecule has 1 aromatic heterocycles. The summed E-state index contributed by atoms with van der Waals surface area (Å²) in [5.41, 5.74) is 2.25. The molecule has 0 saturated heterocycles. The van der Waals surface area contributed by atoms with E-state index in [0.29, 0.717) is 24.2 Å². The Balaban J connectivity index is 0.00000107. The zero-order chi connectivity index (χ0) is 26.6. The number of benzene rings is 1. The number of ether oxygens (including phenoxy) is 1. The zero-order valence-corrected chi connectivity index (χ0v) is 25.7. The van der Waals surface area contributed by atoms with Crippen molar-refractivity contribution in [1.29, 1.82) is 0 Å². The van der Waals surface area contributed by atoms with Crippen LogP contribution in [-0.4, -0.2) is 49.4 Å². The predicted molar refractivity (Wildman–Crippen MR) is 155 cm³/mol. The van der Waals surface area contributed by atoms with Crippen LogP contribution in [0.2, 0.25) is 0 Å². The van der Waals surface area contributed by atoms with E-state index in [1.807, 2.05) is 12.1 Å². The van der Waals surface area contributed by atoms with Crippen LogP contribution in [0, 0.1) is 0 Å². The van der Waals surface area contributed by atoms with Crippen molar-refractivity contribution in [3.05, 3.63) is 47.8 Å². The number of methoxy groups -OCH3 is 1. The predicted octanol–water partition coefficient (Wildman–Crippen LogP) is 5.61. The van der Waals surface area contributed by atoms with Crippen molar-refractivity contribution in [2.75, 3.05) is 20.2 Å². The van der Waals surface area contributed by atoms with Crippen LogP contribution >= 0.6 is 32.0 Å². The third-order valence-electron chi connectivity index (χ3n) is 7.76. The van der Waals surface area contributed by atoms with Crippen molar-refractivity contribution in [3.63, 3.8) is 0 Å². The molecule has 10 heteroatoms. The average molecular weight is 622 g/mol. The van der Waals surface area contributed by atoms with Crippen molar-refractivity contribution in [2.45, 2.75) is 98.4 Å². The number of hydrogen-bond acceptors (Lipinski definition) is 7. The molecule has 2 saturated carbocycles. The fraction of sp³-hybridized carbons (Fsp3) is 0.607. The van der Waals surface area contributed by atoms with Crippen molar-refractivity contribution in [2.24, 2.45) is 0 Å². The molecule has 4 N–H and O–H groups in total. The van der Waals surface area contributed by atoms with Gasteiger partial charge in [0.05, 0.1) is 23.4 Å². The average Bonchev–Trinajstić information content (AvgIpc) is 2.95. The van der Waals surface area contributed by atoms with E-state index >= 15 is 0 Å². The molecule has 3 aliphatic rings. The van der Waals surface area contributed by atoms with E-state index in [2.05, 4.69) is 45.5 Å². The van der Waals surface area contributed by atoms with Gasteiger partial charge in [0, 0.05) is 55.2 Å². The number of pyridine rings is 1. The number of hydrogen-bond donors (Lipinski definition) is 4. The SMILES string of the molecule is COc1ccccc1Sc1cc2nc(c1)CN[C@@H]1CCCC[C@H]1NCCN[C@@H]1CCCC[C@H]1NC2.[Cl][Mn][Cl]. The Morgan fingerprint density at radius 2 is 1.26 bits per heavy atom. The van der Waals surface area contributed by atoms with Crippen LogP contribution < -0.4 is 26.0 Å². The second kappa shape index (κ2) is 16.7. The molecule has 2 heterocycles. The first-order valence-electron chi connectivity index (χ1n) is 13.8. The second-order valence-corrected chi connectivity index (χ2v) is 13.3. The molecule has 2 bridgehead atoms. The molecule has 2 fully saturated rings. The van der Waals surface area contributed by atoms with E-state index in [4.69, 9.17) is 29.9 Å². The first-order chi connectivity index (χ1) is 18.7. The fourth-order valence-electron chi connectivity index (χ4n) is 5.91. The minimum absolute atomic E-state index is 0.00694. The number of nitrogens with zero attached hydrogens (tertiary/aromatic N) is 1. The Morgan fingerprint density at radius 3 is 1.76 bits per heavy atom. The third kappa shape index (κ3) is 9.25. The molecule has 211 valence electrons. The van der Waals surface area contributed by atoms with Crippen molar-refractivity contribution >= 4 is 32.0 Å². The quantitative estimate of drug-likeness (QED) is 0.332. The summed E-state index contributed by atoms with van der Waals surface area (Å²) in [6, 6.07) is 14.9. The van der Waals surface area contributed by atoms with Gasteiger partial charge in [0.2, 0.25) is 0 Å². The molecule has 0 amide bonds. The molecule has 2 aromatic rings. The zero-order valence-electron chi connectivity index (χ0n) is 22.2. The summed E-state index contributed by atoms with van der Waals surface area (Å²) < 4.78 is 5.61. The number of fused-ring (bicyclic) bond motifs is 4. The van der Waals surface area contributed by atoms with Crippen LogP contribution in [0.15, 0.2) is 46.2 Å². The van der Waals surface area contributed by atoms with E-state index < -0.39 is 0 Å². The Labute approximate surface area is 247 Å². The van der Waals surface area contributed by atoms with Gasteiger partial charge >= 0.3 is 33.3 Å². The maximum atomic E-state index is 5.61. The summed E-state index contributed by atoms with van der Waals surface area (Å²) >= 11 is 1.77. The van der Waals surface area contributed by atoms with Crippen molar-refractivity contribution in [1.82, 2.24) is 26.3 Å². The molecule has 6 nitrogen and oxygen atoms in total. The normalized spacial score (nSPS) is 26.4. The van der Waals surface area contributed by atoms with Gasteiger partial charge in [-0.05, 0) is 49.9 Å². The van der Waals surface area contributed by atoms with Gasteiger partial charge < -0.3 is 26.0 Å². The van der Waals surface area contributed by atoms with E-state index in [0.717, 1.165) is 48.2 Å². The molecule has 5 rings (SSSR count). The minimum atomic E-state index is 0.00694. The summed E-state index contributed by atoms with van der Waals surface area (Å²) in [5.74, 6) is 0.916. The van der Waals surface area contributed by atoms with Gasteiger partial charge in [-0.15, -0.1) is 0 Å². The summed E-state index contributed by atoms with van der Waals surface area (Å²) in [7, 11) is 11.3. The third-order valence-corrected chi connectivity index (χ3v) is 8.79. The van der Waals surface area contributed by atoms with Crippen molar-refractivity contribution < 1.29 is 17.9 Å². The first kappa shape index (κ1) is 30.4. The molecule has 0 unspecified atom stereocenters. The van der Waals surface area contributed by atoms with E-state index in [-0.39, 0.29) is 13.1 Å². The molecule has 38 heavy (non-hydrogen) atoms. The second-order valence-electron chi connectivity index (χ2n) is 10.3. The topological polar surface area (TPSA) is 70.2 Å². The Morgan fingerprint density at radius 1 is 0.789 bits per heavy atom. The van der Waals surface area contributed by atoms with Crippen molar-refractivity contribution in [3.8, 4) is 5.75 Å². The molecule has 0 radical (unpaired) electrons. The van der Waals surface area contributed by atoms with E-state index in [9.17, 15) is 0 Å². The Bertz CT molecular complexity index is 942. The van der Waals surface area contributed by atoms with Gasteiger partial charge in [-0.25, -0.2) is 0 Å². The number of aromatic nitrogens is 1. The van der Waals surface area contributed by atoms with Gasteiger partial charge in [0.25, 0.3) is 0 Å². The van der Waals surface area contributed by atoms with Crippen LogP contribution in [-0.2, 0) is 26.2 Å². The summed E-state index contributed by atoms with van der Waals surface area (Å²) in [6.45, 7) is 3.69. The van der Waals surface area contributed by atoms with Gasteiger partial charge in [-0.3, -0.25) is 4.98 Å². The molecule has 0 spiro atoms. The van der Waals surface area contributed by atoms with Gasteiger partial charge in [0.1, 0.15) is 5.75 Å². The fourth-order valence-corrected chi connectivity index (χ4v) is 6.96. The summed E-state index contributed by atoms with van der Waals surface area (Å²) in [5, 5.41) is 15.5. The number of rotatable bonds is 3. The van der Waals surface area contributed by atoms with Crippen LogP contribution in [0.5, 0.6) is 5.75 Å². The summed E-state index contributed by atoms with van der Waals surface area (Å²) in [6.07, 6.45) is 10.3. The van der Waals surface area contributed by atoms with Crippen LogP contribution in [0.1, 0.15) is 62.8 Å². The first-order valence-corrected chi connectivity index (χ1v) is 17.9. The molecule has 1 aromatic carbocycles. The summed E-state index contributed by atoms with van der Waals surface area (Å²) in [4.78, 5) is 7.45. The number of nitrogens with one attached hydrogen (secondary N) is 4. The van der Waals surface area contributed by atoms with Gasteiger partial charge in [0.15, 0.2) is 0 Å². The standard InChI is InChI=1S/C28H41N5OS.2ClH.Mn/c1-34-27-12-6-7-13-28(27)35-22-16-20-18-31-25-10-4-2-8-23(25)29-14-15-30-24-9-3-5-11-26(24)32-19-21(17-22)33-20;;;/h6-7,12-13,16-17,23-26,29-32H,2-5,8-11,14-15,18-19H2,1H3;2*1H;/q;;;+2/p-2/t23-,24-,25-,26-;;;/m1.../s1. The van der Waals surface area contributed by atoms with E-state index in [1.54, 1.807) is 18.9 Å². The molecule has 2 aliphatic carbocycles. The Kier molecular flexibility index (Phi) is 13.3. The molecular formula is C28H41Cl2MnN5OS. The van der Waals surface area contributed by atoms with Crippen LogP contribution in [0.4, 0.5) is 0 Å². The molecular weight excluding hydrogens is 580 g/mol. The molecule has 4 atom stereocenters. The van der Waals surface area contributed by atoms with E-state index in [1.165, 1.54) is 56.3 Å². The van der Waals surface area contributed by atoms with Gasteiger partial charge in [-0.2, -0.15) is 0 Å². The Hall–Kier alpha value is -0.541. The van der Waals surface area contributed by atoms with Gasteiger partial charge in [-0.1, -0.05) is 49.6 Å². The molecule has 1 aliphatic heterocycles. The van der Waals surface area contributed by atoms with Crippen LogP contribution in [0.3, 0.4) is 0 Å². The maximum absolute atomic E-state index is 5.61.